The minimum absolute atomic E-state index is 0.127. The molecule has 0 spiro atoms. The average molecular weight is 342 g/mol. The Morgan fingerprint density at radius 3 is 2.62 bits per heavy atom. The van der Waals surface area contributed by atoms with E-state index in [1.807, 2.05) is 24.3 Å². The number of anilines is 1. The number of ether oxygens (including phenoxy) is 2. The average Bonchev–Trinajstić information content (AvgIpc) is 3.10. The van der Waals surface area contributed by atoms with E-state index in [4.69, 9.17) is 21.1 Å². The van der Waals surface area contributed by atoms with Gasteiger partial charge in [0.05, 0.1) is 31.0 Å². The summed E-state index contributed by atoms with van der Waals surface area (Å²) in [4.78, 5) is 0. The van der Waals surface area contributed by atoms with E-state index in [0.717, 1.165) is 34.2 Å². The number of nitrogens with one attached hydrogen (secondary N) is 1. The van der Waals surface area contributed by atoms with E-state index in [2.05, 4.69) is 29.6 Å². The number of fused-ring (bicyclic) bond motifs is 3. The Balaban J connectivity index is 1.85. The van der Waals surface area contributed by atoms with Crippen molar-refractivity contribution in [1.82, 2.24) is 0 Å². The van der Waals surface area contributed by atoms with Crippen molar-refractivity contribution >= 4 is 17.3 Å². The van der Waals surface area contributed by atoms with Crippen LogP contribution >= 0.6 is 11.6 Å². The summed E-state index contributed by atoms with van der Waals surface area (Å²) in [6.45, 7) is 0. The Kier molecular flexibility index (Phi) is 3.89. The summed E-state index contributed by atoms with van der Waals surface area (Å²) in [5.74, 6) is 2.36. The summed E-state index contributed by atoms with van der Waals surface area (Å²) in [5.41, 5.74) is 3.42. The quantitative estimate of drug-likeness (QED) is 0.780. The van der Waals surface area contributed by atoms with E-state index in [-0.39, 0.29) is 6.04 Å². The van der Waals surface area contributed by atoms with Gasteiger partial charge in [-0.25, -0.2) is 0 Å². The molecule has 0 unspecified atom stereocenters. The summed E-state index contributed by atoms with van der Waals surface area (Å²) in [5, 5.41) is 4.43. The molecule has 24 heavy (non-hydrogen) atoms. The first-order chi connectivity index (χ1) is 11.7. The SMILES string of the molecule is COc1cccc([C@@H]2Nc3c(Cl)cccc3[C@H]3C=CC[C@H]32)c1OC. The predicted molar refractivity (Wildman–Crippen MR) is 97.3 cm³/mol. The Bertz CT molecular complexity index is 802. The van der Waals surface area contributed by atoms with Gasteiger partial charge in [-0.2, -0.15) is 0 Å². The largest absolute Gasteiger partial charge is 0.493 e. The standard InChI is InChI=1S/C20H20ClNO2/c1-23-17-11-5-9-15(20(17)24-2)18-13-7-3-6-12(13)14-8-4-10-16(21)19(14)22-18/h3-6,8-13,18,22H,7H2,1-2H3/t12-,13+,18+/m0/s1. The molecule has 0 fully saturated rings. The summed E-state index contributed by atoms with van der Waals surface area (Å²) in [6.07, 6.45) is 5.61. The van der Waals surface area contributed by atoms with Crippen LogP contribution in [-0.4, -0.2) is 14.2 Å². The third kappa shape index (κ3) is 2.27. The number of methoxy groups -OCH3 is 2. The molecule has 0 saturated heterocycles. The molecule has 0 bridgehead atoms. The lowest BCUT2D eigenvalue weighted by Gasteiger charge is -2.38. The van der Waals surface area contributed by atoms with Gasteiger partial charge in [-0.05, 0) is 30.0 Å². The van der Waals surface area contributed by atoms with Crippen LogP contribution in [0.3, 0.4) is 0 Å². The molecule has 1 N–H and O–H groups in total. The van der Waals surface area contributed by atoms with Crippen LogP contribution < -0.4 is 14.8 Å². The first kappa shape index (κ1) is 15.4. The fraction of sp³-hybridized carbons (Fsp3) is 0.300. The molecular formula is C20H20ClNO2. The zero-order chi connectivity index (χ0) is 16.7. The van der Waals surface area contributed by atoms with Gasteiger partial charge < -0.3 is 14.8 Å². The maximum Gasteiger partial charge on any atom is 0.165 e. The molecule has 0 saturated carbocycles. The number of hydrogen-bond acceptors (Lipinski definition) is 3. The molecule has 4 rings (SSSR count). The number of allylic oxidation sites excluding steroid dienone is 2. The van der Waals surface area contributed by atoms with E-state index in [0.29, 0.717) is 11.8 Å². The molecule has 4 heteroatoms. The van der Waals surface area contributed by atoms with Crippen molar-refractivity contribution in [2.24, 2.45) is 5.92 Å². The highest BCUT2D eigenvalue weighted by Crippen LogP contribution is 2.53. The lowest BCUT2D eigenvalue weighted by atomic mass is 9.77. The van der Waals surface area contributed by atoms with Gasteiger partial charge in [0, 0.05) is 11.5 Å². The van der Waals surface area contributed by atoms with E-state index >= 15 is 0 Å². The van der Waals surface area contributed by atoms with Crippen LogP contribution in [0.1, 0.15) is 29.5 Å². The maximum absolute atomic E-state index is 6.48. The molecular weight excluding hydrogens is 322 g/mol. The van der Waals surface area contributed by atoms with Gasteiger partial charge in [0.2, 0.25) is 0 Å². The molecule has 1 aliphatic heterocycles. The van der Waals surface area contributed by atoms with Crippen LogP contribution in [0.2, 0.25) is 5.02 Å². The third-order valence-corrected chi connectivity index (χ3v) is 5.43. The van der Waals surface area contributed by atoms with Crippen LogP contribution in [0.4, 0.5) is 5.69 Å². The van der Waals surface area contributed by atoms with Crippen molar-refractivity contribution in [3.05, 3.63) is 64.7 Å². The van der Waals surface area contributed by atoms with E-state index in [1.54, 1.807) is 14.2 Å². The Morgan fingerprint density at radius 1 is 1.04 bits per heavy atom. The van der Waals surface area contributed by atoms with Crippen molar-refractivity contribution < 1.29 is 9.47 Å². The normalized spacial score (nSPS) is 24.0. The van der Waals surface area contributed by atoms with Gasteiger partial charge >= 0.3 is 0 Å². The Labute approximate surface area is 147 Å². The minimum Gasteiger partial charge on any atom is -0.493 e. The smallest absolute Gasteiger partial charge is 0.165 e. The molecule has 1 aliphatic carbocycles. The second-order valence-corrected chi connectivity index (χ2v) is 6.67. The van der Waals surface area contributed by atoms with Gasteiger partial charge in [0.1, 0.15) is 0 Å². The van der Waals surface area contributed by atoms with Crippen molar-refractivity contribution in [3.8, 4) is 11.5 Å². The fourth-order valence-corrected chi connectivity index (χ4v) is 4.28. The first-order valence-corrected chi connectivity index (χ1v) is 8.55. The highest BCUT2D eigenvalue weighted by Gasteiger charge is 2.39. The van der Waals surface area contributed by atoms with Crippen molar-refractivity contribution in [3.63, 3.8) is 0 Å². The second-order valence-electron chi connectivity index (χ2n) is 6.26. The molecule has 3 atom stereocenters. The molecule has 2 aromatic carbocycles. The van der Waals surface area contributed by atoms with E-state index in [9.17, 15) is 0 Å². The Hall–Kier alpha value is -2.13. The zero-order valence-corrected chi connectivity index (χ0v) is 14.5. The number of halogens is 1. The fourth-order valence-electron chi connectivity index (χ4n) is 4.05. The topological polar surface area (TPSA) is 30.5 Å². The minimum atomic E-state index is 0.127. The Morgan fingerprint density at radius 2 is 1.83 bits per heavy atom. The van der Waals surface area contributed by atoms with Gasteiger partial charge in [-0.15, -0.1) is 0 Å². The molecule has 0 aromatic heterocycles. The van der Waals surface area contributed by atoms with Gasteiger partial charge in [-0.3, -0.25) is 0 Å². The van der Waals surface area contributed by atoms with Crippen LogP contribution in [0, 0.1) is 5.92 Å². The van der Waals surface area contributed by atoms with E-state index in [1.165, 1.54) is 5.56 Å². The highest BCUT2D eigenvalue weighted by atomic mass is 35.5. The molecule has 2 aromatic rings. The molecule has 1 heterocycles. The molecule has 0 amide bonds. The number of benzene rings is 2. The molecule has 2 aliphatic rings. The van der Waals surface area contributed by atoms with Crippen LogP contribution in [-0.2, 0) is 0 Å². The summed E-state index contributed by atoms with van der Waals surface area (Å²) >= 11 is 6.48. The summed E-state index contributed by atoms with van der Waals surface area (Å²) in [7, 11) is 3.36. The van der Waals surface area contributed by atoms with Gasteiger partial charge in [0.25, 0.3) is 0 Å². The van der Waals surface area contributed by atoms with Crippen molar-refractivity contribution in [1.29, 1.82) is 0 Å². The van der Waals surface area contributed by atoms with Crippen LogP contribution in [0.25, 0.3) is 0 Å². The highest BCUT2D eigenvalue weighted by molar-refractivity contribution is 6.33. The predicted octanol–water partition coefficient (Wildman–Crippen LogP) is 5.18. The molecule has 0 radical (unpaired) electrons. The number of hydrogen-bond donors (Lipinski definition) is 1. The number of para-hydroxylation sites is 2. The van der Waals surface area contributed by atoms with Crippen molar-refractivity contribution in [2.75, 3.05) is 19.5 Å². The monoisotopic (exact) mass is 341 g/mol. The first-order valence-electron chi connectivity index (χ1n) is 8.17. The summed E-state index contributed by atoms with van der Waals surface area (Å²) < 4.78 is 11.1. The lowest BCUT2D eigenvalue weighted by Crippen LogP contribution is -2.29. The molecule has 3 nitrogen and oxygen atoms in total. The molecule has 124 valence electrons. The van der Waals surface area contributed by atoms with Gasteiger partial charge in [0.15, 0.2) is 11.5 Å². The van der Waals surface area contributed by atoms with Crippen LogP contribution in [0.15, 0.2) is 48.6 Å². The maximum atomic E-state index is 6.48. The number of rotatable bonds is 3. The third-order valence-electron chi connectivity index (χ3n) is 5.11. The zero-order valence-electron chi connectivity index (χ0n) is 13.8. The van der Waals surface area contributed by atoms with Crippen LogP contribution in [0.5, 0.6) is 11.5 Å². The van der Waals surface area contributed by atoms with Gasteiger partial charge in [-0.1, -0.05) is 48.0 Å². The lowest BCUT2D eigenvalue weighted by molar-refractivity contribution is 0.341. The second kappa shape index (κ2) is 6.06. The van der Waals surface area contributed by atoms with E-state index < -0.39 is 0 Å². The summed E-state index contributed by atoms with van der Waals surface area (Å²) in [6, 6.07) is 12.3. The van der Waals surface area contributed by atoms with Crippen molar-refractivity contribution in [2.45, 2.75) is 18.4 Å².